The molecule has 86 valence electrons. The highest BCUT2D eigenvalue weighted by Gasteiger charge is 2.11. The van der Waals surface area contributed by atoms with Crippen molar-refractivity contribution in [3.63, 3.8) is 0 Å². The van der Waals surface area contributed by atoms with Gasteiger partial charge in [-0.05, 0) is 24.1 Å². The highest BCUT2D eigenvalue weighted by Crippen LogP contribution is 2.09. The monoisotopic (exact) mass is 239 g/mol. The third kappa shape index (κ3) is 4.01. The largest absolute Gasteiger partial charge is 0.396 e. The van der Waals surface area contributed by atoms with Crippen LogP contribution in [0.25, 0.3) is 0 Å². The summed E-state index contributed by atoms with van der Waals surface area (Å²) in [5.74, 6) is -0.0534. The van der Waals surface area contributed by atoms with E-state index in [1.165, 1.54) is 0 Å². The van der Waals surface area contributed by atoms with Gasteiger partial charge < -0.3 is 5.11 Å². The molecule has 16 heavy (non-hydrogen) atoms. The van der Waals surface area contributed by atoms with Crippen molar-refractivity contribution in [2.24, 2.45) is 0 Å². The zero-order valence-corrected chi connectivity index (χ0v) is 9.57. The Morgan fingerprint density at radius 1 is 1.25 bits per heavy atom. The first-order valence-corrected chi connectivity index (χ1v) is 6.70. The van der Waals surface area contributed by atoms with Crippen LogP contribution in [0.4, 0.5) is 0 Å². The number of sulfone groups is 1. The number of aliphatic hydroxyl groups is 1. The van der Waals surface area contributed by atoms with Gasteiger partial charge in [-0.3, -0.25) is 0 Å². The molecule has 1 aromatic rings. The third-order valence-corrected chi connectivity index (χ3v) is 3.77. The topological polar surface area (TPSA) is 78.2 Å². The van der Waals surface area contributed by atoms with Crippen LogP contribution < -0.4 is 0 Å². The average molecular weight is 239 g/mol. The molecule has 0 fully saturated rings. The Hall–Kier alpha value is -1.38. The minimum atomic E-state index is -3.16. The van der Waals surface area contributed by atoms with Crippen molar-refractivity contribution in [3.05, 3.63) is 35.4 Å². The fraction of sp³-hybridized carbons (Fsp3) is 0.364. The van der Waals surface area contributed by atoms with E-state index in [4.69, 9.17) is 10.4 Å². The van der Waals surface area contributed by atoms with Crippen molar-refractivity contribution in [1.82, 2.24) is 0 Å². The van der Waals surface area contributed by atoms with Gasteiger partial charge in [-0.1, -0.05) is 12.1 Å². The minimum absolute atomic E-state index is 0.0104. The van der Waals surface area contributed by atoms with E-state index >= 15 is 0 Å². The molecule has 0 bridgehead atoms. The maximum atomic E-state index is 11.5. The van der Waals surface area contributed by atoms with E-state index in [9.17, 15) is 8.42 Å². The first-order valence-electron chi connectivity index (χ1n) is 4.88. The standard InChI is InChI=1S/C11H13NO3S/c12-8-10-2-4-11(5-3-10)9-16(14,15)7-1-6-13/h2-5,13H,1,6-7,9H2. The van der Waals surface area contributed by atoms with Gasteiger partial charge in [0.15, 0.2) is 9.84 Å². The van der Waals surface area contributed by atoms with Gasteiger partial charge in [-0.25, -0.2) is 8.42 Å². The lowest BCUT2D eigenvalue weighted by Gasteiger charge is -2.03. The van der Waals surface area contributed by atoms with Crippen molar-refractivity contribution in [3.8, 4) is 6.07 Å². The van der Waals surface area contributed by atoms with Crippen LogP contribution in [-0.2, 0) is 15.6 Å². The Bertz CT molecular complexity index is 471. The molecule has 0 aliphatic heterocycles. The summed E-state index contributed by atoms with van der Waals surface area (Å²) in [7, 11) is -3.16. The van der Waals surface area contributed by atoms with E-state index in [0.717, 1.165) is 0 Å². The number of benzene rings is 1. The summed E-state index contributed by atoms with van der Waals surface area (Å²) < 4.78 is 23.1. The van der Waals surface area contributed by atoms with Crippen LogP contribution in [-0.4, -0.2) is 25.9 Å². The van der Waals surface area contributed by atoms with Crippen LogP contribution in [0.3, 0.4) is 0 Å². The molecule has 0 aliphatic carbocycles. The lowest BCUT2D eigenvalue weighted by atomic mass is 10.2. The number of hydrogen-bond acceptors (Lipinski definition) is 4. The van der Waals surface area contributed by atoms with E-state index in [1.807, 2.05) is 6.07 Å². The summed E-state index contributed by atoms with van der Waals surface area (Å²) in [5, 5.41) is 17.1. The van der Waals surface area contributed by atoms with Crippen LogP contribution in [0.15, 0.2) is 24.3 Å². The highest BCUT2D eigenvalue weighted by molar-refractivity contribution is 7.90. The number of rotatable bonds is 5. The van der Waals surface area contributed by atoms with Gasteiger partial charge in [-0.2, -0.15) is 5.26 Å². The second-order valence-corrected chi connectivity index (χ2v) is 5.66. The maximum absolute atomic E-state index is 11.5. The lowest BCUT2D eigenvalue weighted by molar-refractivity contribution is 0.295. The van der Waals surface area contributed by atoms with Gasteiger partial charge in [0.05, 0.1) is 23.1 Å². The molecule has 0 aromatic heterocycles. The van der Waals surface area contributed by atoms with Crippen molar-refractivity contribution in [2.75, 3.05) is 12.4 Å². The Morgan fingerprint density at radius 2 is 1.88 bits per heavy atom. The number of hydrogen-bond donors (Lipinski definition) is 1. The zero-order valence-electron chi connectivity index (χ0n) is 8.76. The minimum Gasteiger partial charge on any atom is -0.396 e. The van der Waals surface area contributed by atoms with Crippen LogP contribution in [0, 0.1) is 11.3 Å². The highest BCUT2D eigenvalue weighted by atomic mass is 32.2. The van der Waals surface area contributed by atoms with Crippen LogP contribution in [0.2, 0.25) is 0 Å². The Balaban J connectivity index is 2.70. The molecule has 4 nitrogen and oxygen atoms in total. The van der Waals surface area contributed by atoms with Crippen LogP contribution in [0.5, 0.6) is 0 Å². The molecule has 5 heteroatoms. The Morgan fingerprint density at radius 3 is 2.38 bits per heavy atom. The Labute approximate surface area is 95.1 Å². The quantitative estimate of drug-likeness (QED) is 0.826. The molecule has 0 atom stereocenters. The van der Waals surface area contributed by atoms with Crippen molar-refractivity contribution in [2.45, 2.75) is 12.2 Å². The molecule has 0 spiro atoms. The van der Waals surface area contributed by atoms with Crippen molar-refractivity contribution < 1.29 is 13.5 Å². The van der Waals surface area contributed by atoms with Gasteiger partial charge >= 0.3 is 0 Å². The smallest absolute Gasteiger partial charge is 0.154 e. The molecular weight excluding hydrogens is 226 g/mol. The lowest BCUT2D eigenvalue weighted by Crippen LogP contribution is -2.10. The SMILES string of the molecule is N#Cc1ccc(CS(=O)(=O)CCCO)cc1. The summed E-state index contributed by atoms with van der Waals surface area (Å²) in [6.07, 6.45) is 0.263. The zero-order chi connectivity index (χ0) is 12.0. The third-order valence-electron chi connectivity index (χ3n) is 2.08. The molecule has 0 aliphatic rings. The Kier molecular flexibility index (Phi) is 4.47. The number of nitriles is 1. The summed E-state index contributed by atoms with van der Waals surface area (Å²) in [6.45, 7) is -0.118. The molecular formula is C11H13NO3S. The maximum Gasteiger partial charge on any atom is 0.154 e. The van der Waals surface area contributed by atoms with E-state index in [1.54, 1.807) is 24.3 Å². The van der Waals surface area contributed by atoms with Crippen molar-refractivity contribution >= 4 is 9.84 Å². The first-order chi connectivity index (χ1) is 7.57. The van der Waals surface area contributed by atoms with Crippen LogP contribution >= 0.6 is 0 Å². The summed E-state index contributed by atoms with van der Waals surface area (Å²) in [6, 6.07) is 8.43. The molecule has 0 radical (unpaired) electrons. The normalized spacial score (nSPS) is 11.0. The number of nitrogens with zero attached hydrogens (tertiary/aromatic N) is 1. The summed E-state index contributed by atoms with van der Waals surface area (Å²) >= 11 is 0. The molecule has 0 saturated carbocycles. The second-order valence-electron chi connectivity index (χ2n) is 3.48. The molecule has 0 unspecified atom stereocenters. The fourth-order valence-electron chi connectivity index (χ4n) is 1.29. The van der Waals surface area contributed by atoms with Gasteiger partial charge in [0.2, 0.25) is 0 Å². The molecule has 0 saturated heterocycles. The summed E-state index contributed by atoms with van der Waals surface area (Å²) in [4.78, 5) is 0. The van der Waals surface area contributed by atoms with Gasteiger partial charge in [0, 0.05) is 6.61 Å². The van der Waals surface area contributed by atoms with Crippen molar-refractivity contribution in [1.29, 1.82) is 5.26 Å². The predicted octanol–water partition coefficient (Wildman–Crippen LogP) is 0.855. The van der Waals surface area contributed by atoms with E-state index in [2.05, 4.69) is 0 Å². The van der Waals surface area contributed by atoms with E-state index in [0.29, 0.717) is 11.1 Å². The fourth-order valence-corrected chi connectivity index (χ4v) is 2.70. The summed E-state index contributed by atoms with van der Waals surface area (Å²) in [5.41, 5.74) is 1.17. The molecule has 1 N–H and O–H groups in total. The second kappa shape index (κ2) is 5.64. The van der Waals surface area contributed by atoms with E-state index in [-0.39, 0.29) is 24.5 Å². The number of aliphatic hydroxyl groups excluding tert-OH is 1. The van der Waals surface area contributed by atoms with Gasteiger partial charge in [0.1, 0.15) is 0 Å². The molecule has 0 heterocycles. The molecule has 0 amide bonds. The van der Waals surface area contributed by atoms with Gasteiger partial charge in [-0.15, -0.1) is 0 Å². The van der Waals surface area contributed by atoms with E-state index < -0.39 is 9.84 Å². The first kappa shape index (κ1) is 12.7. The molecule has 1 aromatic carbocycles. The van der Waals surface area contributed by atoms with Crippen LogP contribution in [0.1, 0.15) is 17.5 Å². The molecule has 1 rings (SSSR count). The average Bonchev–Trinajstić information content (AvgIpc) is 2.27. The predicted molar refractivity (Wildman–Crippen MR) is 60.4 cm³/mol. The van der Waals surface area contributed by atoms with Gasteiger partial charge in [0.25, 0.3) is 0 Å².